The molecule has 1 amide bonds. The number of carbonyl (C=O) groups excluding carboxylic acids is 1. The normalized spacial score (nSPS) is 22.9. The fourth-order valence-electron chi connectivity index (χ4n) is 2.01. The summed E-state index contributed by atoms with van der Waals surface area (Å²) >= 11 is 0. The van der Waals surface area contributed by atoms with Crippen molar-refractivity contribution in [2.45, 2.75) is 58.1 Å². The second-order valence-electron chi connectivity index (χ2n) is 4.46. The fourth-order valence-corrected chi connectivity index (χ4v) is 2.01. The van der Waals surface area contributed by atoms with Gasteiger partial charge in [-0.25, -0.2) is 4.79 Å². The number of likely N-dealkylation sites (tertiary alicyclic amines) is 1. The number of carbonyl (C=O) groups is 1. The highest BCUT2D eigenvalue weighted by Crippen LogP contribution is 2.20. The van der Waals surface area contributed by atoms with Crippen LogP contribution in [0.25, 0.3) is 0 Å². The van der Waals surface area contributed by atoms with E-state index < -0.39 is 0 Å². The molecule has 4 nitrogen and oxygen atoms in total. The van der Waals surface area contributed by atoms with Gasteiger partial charge in [0.1, 0.15) is 6.10 Å². The van der Waals surface area contributed by atoms with Crippen LogP contribution in [0.1, 0.15) is 46.0 Å². The number of rotatable bonds is 4. The highest BCUT2D eigenvalue weighted by molar-refractivity contribution is 5.68. The summed E-state index contributed by atoms with van der Waals surface area (Å²) in [6, 6.07) is 0.162. The Bertz CT molecular complexity index is 218. The molecular formula is C12H23NO3. The number of aliphatic hydroxyl groups is 1. The van der Waals surface area contributed by atoms with E-state index in [0.29, 0.717) is 6.42 Å². The predicted octanol–water partition coefficient (Wildman–Crippen LogP) is 2.16. The van der Waals surface area contributed by atoms with Crippen LogP contribution in [0, 0.1) is 0 Å². The molecule has 2 atom stereocenters. The lowest BCUT2D eigenvalue weighted by Crippen LogP contribution is -2.45. The van der Waals surface area contributed by atoms with Crippen LogP contribution in [0.15, 0.2) is 0 Å². The average molecular weight is 229 g/mol. The Morgan fingerprint density at radius 3 is 2.94 bits per heavy atom. The van der Waals surface area contributed by atoms with Crippen molar-refractivity contribution in [2.75, 3.05) is 13.2 Å². The zero-order chi connectivity index (χ0) is 12.0. The van der Waals surface area contributed by atoms with Crippen molar-refractivity contribution in [3.63, 3.8) is 0 Å². The van der Waals surface area contributed by atoms with Crippen LogP contribution >= 0.6 is 0 Å². The Balaban J connectivity index is 2.50. The maximum Gasteiger partial charge on any atom is 0.410 e. The molecule has 0 aromatic rings. The van der Waals surface area contributed by atoms with Gasteiger partial charge in [-0.1, -0.05) is 6.92 Å². The van der Waals surface area contributed by atoms with Crippen molar-refractivity contribution in [3.05, 3.63) is 0 Å². The van der Waals surface area contributed by atoms with E-state index in [1.165, 1.54) is 0 Å². The third-order valence-corrected chi connectivity index (χ3v) is 3.20. The van der Waals surface area contributed by atoms with Crippen LogP contribution in [0.2, 0.25) is 0 Å². The molecule has 0 aromatic carbocycles. The van der Waals surface area contributed by atoms with Crippen LogP contribution in [-0.2, 0) is 4.74 Å². The lowest BCUT2D eigenvalue weighted by atomic mass is 10.0. The number of amides is 1. The molecular weight excluding hydrogens is 206 g/mol. The van der Waals surface area contributed by atoms with Crippen LogP contribution in [0.5, 0.6) is 0 Å². The molecule has 94 valence electrons. The molecule has 1 rings (SSSR count). The molecule has 1 N–H and O–H groups in total. The number of nitrogens with zero attached hydrogens (tertiary/aromatic N) is 1. The zero-order valence-corrected chi connectivity index (χ0v) is 10.3. The van der Waals surface area contributed by atoms with Crippen molar-refractivity contribution >= 4 is 6.09 Å². The van der Waals surface area contributed by atoms with E-state index in [4.69, 9.17) is 9.84 Å². The van der Waals surface area contributed by atoms with Crippen LogP contribution in [0.4, 0.5) is 4.79 Å². The van der Waals surface area contributed by atoms with Gasteiger partial charge < -0.3 is 14.7 Å². The molecule has 1 aliphatic heterocycles. The summed E-state index contributed by atoms with van der Waals surface area (Å²) in [6.45, 7) is 4.81. The maximum absolute atomic E-state index is 11.9. The molecule has 0 spiro atoms. The summed E-state index contributed by atoms with van der Waals surface area (Å²) in [5, 5.41) is 8.97. The van der Waals surface area contributed by atoms with Gasteiger partial charge in [0.2, 0.25) is 0 Å². The van der Waals surface area contributed by atoms with Crippen molar-refractivity contribution in [3.8, 4) is 0 Å². The van der Waals surface area contributed by atoms with Crippen LogP contribution < -0.4 is 0 Å². The van der Waals surface area contributed by atoms with E-state index >= 15 is 0 Å². The molecule has 1 saturated heterocycles. The quantitative estimate of drug-likeness (QED) is 0.803. The van der Waals surface area contributed by atoms with E-state index in [2.05, 4.69) is 0 Å². The Hall–Kier alpha value is -0.770. The third-order valence-electron chi connectivity index (χ3n) is 3.20. The number of hydrogen-bond donors (Lipinski definition) is 1. The summed E-state index contributed by atoms with van der Waals surface area (Å²) in [4.78, 5) is 13.7. The van der Waals surface area contributed by atoms with Crippen molar-refractivity contribution < 1.29 is 14.6 Å². The second kappa shape index (κ2) is 6.74. The summed E-state index contributed by atoms with van der Waals surface area (Å²) in [5.74, 6) is 0. The Morgan fingerprint density at radius 1 is 1.56 bits per heavy atom. The smallest absolute Gasteiger partial charge is 0.410 e. The first kappa shape index (κ1) is 13.3. The average Bonchev–Trinajstić information content (AvgIpc) is 2.30. The number of hydrogen-bond acceptors (Lipinski definition) is 3. The zero-order valence-electron chi connectivity index (χ0n) is 10.3. The minimum absolute atomic E-state index is 0.0239. The van der Waals surface area contributed by atoms with E-state index in [9.17, 15) is 4.79 Å². The van der Waals surface area contributed by atoms with Crippen molar-refractivity contribution in [1.29, 1.82) is 0 Å². The van der Waals surface area contributed by atoms with Gasteiger partial charge in [0, 0.05) is 19.2 Å². The third kappa shape index (κ3) is 3.67. The molecule has 0 aliphatic carbocycles. The minimum Gasteiger partial charge on any atom is -0.446 e. The topological polar surface area (TPSA) is 49.8 Å². The van der Waals surface area contributed by atoms with Gasteiger partial charge in [-0.05, 0) is 39.0 Å². The fraction of sp³-hybridized carbons (Fsp3) is 0.917. The van der Waals surface area contributed by atoms with E-state index in [1.807, 2.05) is 13.8 Å². The van der Waals surface area contributed by atoms with Crippen LogP contribution in [-0.4, -0.2) is 41.4 Å². The van der Waals surface area contributed by atoms with Gasteiger partial charge in [0.05, 0.1) is 0 Å². The summed E-state index contributed by atoms with van der Waals surface area (Å²) in [6.07, 6.45) is 4.42. The van der Waals surface area contributed by atoms with Gasteiger partial charge in [0.25, 0.3) is 0 Å². The molecule has 1 heterocycles. The standard InChI is InChI=1S/C12H23NO3/c1-3-10(2)16-12(15)13-8-5-4-6-11(13)7-9-14/h10-11,14H,3-9H2,1-2H3/t10-,11?/m0/s1. The Labute approximate surface area is 97.6 Å². The van der Waals surface area contributed by atoms with Gasteiger partial charge in [-0.15, -0.1) is 0 Å². The Kier molecular flexibility index (Phi) is 5.60. The molecule has 0 saturated carbocycles. The van der Waals surface area contributed by atoms with Gasteiger partial charge in [0.15, 0.2) is 0 Å². The molecule has 0 radical (unpaired) electrons. The highest BCUT2D eigenvalue weighted by atomic mass is 16.6. The summed E-state index contributed by atoms with van der Waals surface area (Å²) in [5.41, 5.74) is 0. The first-order valence-corrected chi connectivity index (χ1v) is 6.27. The van der Waals surface area contributed by atoms with Crippen molar-refractivity contribution in [1.82, 2.24) is 4.90 Å². The van der Waals surface area contributed by atoms with Gasteiger partial charge in [-0.2, -0.15) is 0 Å². The number of aliphatic hydroxyl groups excluding tert-OH is 1. The number of ether oxygens (including phenoxy) is 1. The molecule has 1 fully saturated rings. The SMILES string of the molecule is CC[C@H](C)OC(=O)N1CCCCC1CCO. The molecule has 0 aromatic heterocycles. The highest BCUT2D eigenvalue weighted by Gasteiger charge is 2.27. The molecule has 0 bridgehead atoms. The van der Waals surface area contributed by atoms with Crippen molar-refractivity contribution in [2.24, 2.45) is 0 Å². The lowest BCUT2D eigenvalue weighted by Gasteiger charge is -2.35. The molecule has 1 aliphatic rings. The second-order valence-corrected chi connectivity index (χ2v) is 4.46. The first-order chi connectivity index (χ1) is 7.69. The largest absolute Gasteiger partial charge is 0.446 e. The number of piperidine rings is 1. The first-order valence-electron chi connectivity index (χ1n) is 6.27. The monoisotopic (exact) mass is 229 g/mol. The Morgan fingerprint density at radius 2 is 2.31 bits per heavy atom. The summed E-state index contributed by atoms with van der Waals surface area (Å²) in [7, 11) is 0. The maximum atomic E-state index is 11.9. The lowest BCUT2D eigenvalue weighted by molar-refractivity contribution is 0.0413. The predicted molar refractivity (Wildman–Crippen MR) is 62.3 cm³/mol. The van der Waals surface area contributed by atoms with E-state index in [1.54, 1.807) is 4.90 Å². The van der Waals surface area contributed by atoms with Crippen LogP contribution in [0.3, 0.4) is 0 Å². The van der Waals surface area contributed by atoms with Gasteiger partial charge in [-0.3, -0.25) is 0 Å². The molecule has 16 heavy (non-hydrogen) atoms. The van der Waals surface area contributed by atoms with E-state index in [0.717, 1.165) is 32.2 Å². The molecule has 4 heteroatoms. The minimum atomic E-state index is -0.215. The van der Waals surface area contributed by atoms with E-state index in [-0.39, 0.29) is 24.8 Å². The summed E-state index contributed by atoms with van der Waals surface area (Å²) < 4.78 is 5.32. The molecule has 1 unspecified atom stereocenters. The van der Waals surface area contributed by atoms with Gasteiger partial charge >= 0.3 is 6.09 Å².